The largest absolute Gasteiger partial charge is 0.103 e. The maximum atomic E-state index is 3.80. The summed E-state index contributed by atoms with van der Waals surface area (Å²) in [7, 11) is 0. The Bertz CT molecular complexity index is 114. The van der Waals surface area contributed by atoms with Gasteiger partial charge in [-0.2, -0.15) is 0 Å². The predicted molar refractivity (Wildman–Crippen MR) is 52.6 cm³/mol. The van der Waals surface area contributed by atoms with Crippen LogP contribution in [0.4, 0.5) is 0 Å². The third-order valence-electron chi connectivity index (χ3n) is 2.34. The van der Waals surface area contributed by atoms with E-state index in [0.29, 0.717) is 5.41 Å². The van der Waals surface area contributed by atoms with Crippen LogP contribution >= 0.6 is 0 Å². The first-order chi connectivity index (χ1) is 4.89. The molecule has 0 aliphatic heterocycles. The normalized spacial score (nSPS) is 15.1. The van der Waals surface area contributed by atoms with Crippen LogP contribution in [-0.4, -0.2) is 0 Å². The van der Waals surface area contributed by atoms with Crippen molar-refractivity contribution in [2.24, 2.45) is 17.3 Å². The van der Waals surface area contributed by atoms with Gasteiger partial charge in [-0.25, -0.2) is 0 Å². The van der Waals surface area contributed by atoms with Crippen molar-refractivity contribution < 1.29 is 0 Å². The number of rotatable bonds is 3. The lowest BCUT2D eigenvalue weighted by Crippen LogP contribution is -2.24. The van der Waals surface area contributed by atoms with Gasteiger partial charge in [-0.1, -0.05) is 40.7 Å². The van der Waals surface area contributed by atoms with Crippen molar-refractivity contribution in [3.8, 4) is 0 Å². The van der Waals surface area contributed by atoms with Crippen molar-refractivity contribution in [2.75, 3.05) is 0 Å². The molecule has 0 saturated heterocycles. The zero-order valence-electron chi connectivity index (χ0n) is 8.65. The maximum Gasteiger partial charge on any atom is -0.0308 e. The van der Waals surface area contributed by atoms with Gasteiger partial charge in [0.25, 0.3) is 0 Å². The Morgan fingerprint density at radius 1 is 1.27 bits per heavy atom. The molecule has 0 spiro atoms. The van der Waals surface area contributed by atoms with Gasteiger partial charge >= 0.3 is 0 Å². The summed E-state index contributed by atoms with van der Waals surface area (Å²) in [6.07, 6.45) is 3.18. The molecule has 0 aliphatic carbocycles. The third kappa shape index (κ3) is 3.60. The fraction of sp³-hybridized carbons (Fsp3) is 0.818. The Morgan fingerprint density at radius 3 is 1.82 bits per heavy atom. The molecule has 11 heavy (non-hydrogen) atoms. The highest BCUT2D eigenvalue weighted by Crippen LogP contribution is 2.34. The molecule has 0 nitrogen and oxygen atoms in total. The monoisotopic (exact) mass is 154 g/mol. The lowest BCUT2D eigenvalue weighted by molar-refractivity contribution is 0.181. The molecule has 0 aromatic carbocycles. The molecule has 0 rings (SSSR count). The zero-order valence-corrected chi connectivity index (χ0v) is 8.65. The Hall–Kier alpha value is -0.260. The van der Waals surface area contributed by atoms with E-state index in [4.69, 9.17) is 0 Å². The Kier molecular flexibility index (Phi) is 3.85. The molecule has 0 unspecified atom stereocenters. The van der Waals surface area contributed by atoms with E-state index in [2.05, 4.69) is 41.2 Å². The highest BCUT2D eigenvalue weighted by Gasteiger charge is 2.25. The minimum absolute atomic E-state index is 0.419. The first kappa shape index (κ1) is 10.7. The zero-order chi connectivity index (χ0) is 9.07. The van der Waals surface area contributed by atoms with Crippen LogP contribution in [0.2, 0.25) is 0 Å². The minimum atomic E-state index is 0.419. The van der Waals surface area contributed by atoms with E-state index < -0.39 is 0 Å². The predicted octanol–water partition coefficient (Wildman–Crippen LogP) is 3.88. The van der Waals surface area contributed by atoms with Gasteiger partial charge in [0, 0.05) is 0 Å². The van der Waals surface area contributed by atoms with Crippen LogP contribution in [0.3, 0.4) is 0 Å². The summed E-state index contributed by atoms with van der Waals surface area (Å²) in [6.45, 7) is 15.3. The van der Waals surface area contributed by atoms with E-state index in [1.807, 2.05) is 6.08 Å². The maximum absolute atomic E-state index is 3.80. The second-order valence-electron chi connectivity index (χ2n) is 4.74. The van der Waals surface area contributed by atoms with Crippen LogP contribution in [0.15, 0.2) is 12.7 Å². The average Bonchev–Trinajstić information content (AvgIpc) is 1.79. The molecule has 0 amide bonds. The highest BCUT2D eigenvalue weighted by atomic mass is 14.3. The SMILES string of the molecule is C=CC[C@H](C(C)C)C(C)(C)C. The first-order valence-electron chi connectivity index (χ1n) is 4.50. The van der Waals surface area contributed by atoms with E-state index in [0.717, 1.165) is 18.3 Å². The van der Waals surface area contributed by atoms with Gasteiger partial charge in [0.15, 0.2) is 0 Å². The molecule has 0 radical (unpaired) electrons. The van der Waals surface area contributed by atoms with Crippen LogP contribution in [0, 0.1) is 17.3 Å². The molecule has 0 aromatic heterocycles. The molecule has 0 aliphatic rings. The lowest BCUT2D eigenvalue weighted by atomic mass is 9.73. The highest BCUT2D eigenvalue weighted by molar-refractivity contribution is 4.82. The standard InChI is InChI=1S/C11H22/c1-7-8-10(9(2)3)11(4,5)6/h7,9-10H,1,8H2,2-6H3/t10-/m1/s1. The van der Waals surface area contributed by atoms with Gasteiger partial charge in [-0.05, 0) is 23.7 Å². The van der Waals surface area contributed by atoms with Crippen LogP contribution < -0.4 is 0 Å². The Morgan fingerprint density at radius 2 is 1.73 bits per heavy atom. The molecule has 0 heteroatoms. The first-order valence-corrected chi connectivity index (χ1v) is 4.50. The minimum Gasteiger partial charge on any atom is -0.103 e. The summed E-state index contributed by atoms with van der Waals surface area (Å²) in [4.78, 5) is 0. The fourth-order valence-electron chi connectivity index (χ4n) is 1.81. The summed E-state index contributed by atoms with van der Waals surface area (Å²) in [5, 5.41) is 0. The van der Waals surface area contributed by atoms with Gasteiger partial charge in [0.1, 0.15) is 0 Å². The summed E-state index contributed by atoms with van der Waals surface area (Å²) in [6, 6.07) is 0. The Balaban J connectivity index is 4.21. The van der Waals surface area contributed by atoms with E-state index in [-0.39, 0.29) is 0 Å². The molecule has 0 N–H and O–H groups in total. The van der Waals surface area contributed by atoms with Crippen LogP contribution in [0.5, 0.6) is 0 Å². The van der Waals surface area contributed by atoms with Crippen molar-refractivity contribution in [1.29, 1.82) is 0 Å². The van der Waals surface area contributed by atoms with Crippen LogP contribution in [-0.2, 0) is 0 Å². The van der Waals surface area contributed by atoms with Crippen molar-refractivity contribution >= 4 is 0 Å². The molecule has 0 saturated carbocycles. The van der Waals surface area contributed by atoms with Crippen molar-refractivity contribution in [3.05, 3.63) is 12.7 Å². The van der Waals surface area contributed by atoms with Crippen LogP contribution in [0.1, 0.15) is 41.0 Å². The van der Waals surface area contributed by atoms with E-state index >= 15 is 0 Å². The van der Waals surface area contributed by atoms with Gasteiger partial charge in [-0.3, -0.25) is 0 Å². The second kappa shape index (κ2) is 3.94. The molecule has 0 fully saturated rings. The average molecular weight is 154 g/mol. The van der Waals surface area contributed by atoms with E-state index in [9.17, 15) is 0 Å². The fourth-order valence-corrected chi connectivity index (χ4v) is 1.81. The lowest BCUT2D eigenvalue weighted by Gasteiger charge is -2.33. The molecule has 0 bridgehead atoms. The van der Waals surface area contributed by atoms with Gasteiger partial charge in [-0.15, -0.1) is 6.58 Å². The number of hydrogen-bond acceptors (Lipinski definition) is 0. The van der Waals surface area contributed by atoms with Gasteiger partial charge in [0.2, 0.25) is 0 Å². The topological polar surface area (TPSA) is 0 Å². The quantitative estimate of drug-likeness (QED) is 0.541. The summed E-state index contributed by atoms with van der Waals surface area (Å²) < 4.78 is 0. The summed E-state index contributed by atoms with van der Waals surface area (Å²) >= 11 is 0. The summed E-state index contributed by atoms with van der Waals surface area (Å²) in [5.41, 5.74) is 0.419. The number of allylic oxidation sites excluding steroid dienone is 1. The van der Waals surface area contributed by atoms with E-state index in [1.54, 1.807) is 0 Å². The molecule has 0 aromatic rings. The van der Waals surface area contributed by atoms with Crippen LogP contribution in [0.25, 0.3) is 0 Å². The Labute approximate surface area is 71.7 Å². The van der Waals surface area contributed by atoms with Crippen molar-refractivity contribution in [1.82, 2.24) is 0 Å². The smallest absolute Gasteiger partial charge is 0.0308 e. The molecule has 66 valence electrons. The second-order valence-corrected chi connectivity index (χ2v) is 4.74. The molecular weight excluding hydrogens is 132 g/mol. The van der Waals surface area contributed by atoms with Gasteiger partial charge < -0.3 is 0 Å². The molecule has 0 heterocycles. The summed E-state index contributed by atoms with van der Waals surface area (Å²) in [5.74, 6) is 1.52. The third-order valence-corrected chi connectivity index (χ3v) is 2.34. The van der Waals surface area contributed by atoms with Gasteiger partial charge in [0.05, 0.1) is 0 Å². The van der Waals surface area contributed by atoms with Crippen molar-refractivity contribution in [3.63, 3.8) is 0 Å². The number of hydrogen-bond donors (Lipinski definition) is 0. The molecular formula is C11H22. The molecule has 1 atom stereocenters. The van der Waals surface area contributed by atoms with Crippen molar-refractivity contribution in [2.45, 2.75) is 41.0 Å². The van der Waals surface area contributed by atoms with E-state index in [1.165, 1.54) is 0 Å².